The van der Waals surface area contributed by atoms with E-state index < -0.39 is 0 Å². The number of rotatable bonds is 4. The van der Waals surface area contributed by atoms with Crippen LogP contribution in [-0.2, 0) is 0 Å². The normalized spacial score (nSPS) is 14.6. The maximum Gasteiger partial charge on any atom is 0.0481 e. The van der Waals surface area contributed by atoms with Gasteiger partial charge in [-0.15, -0.1) is 0 Å². The molecule has 2 aromatic carbocycles. The first-order valence-corrected chi connectivity index (χ1v) is 6.07. The number of nitrogens with two attached hydrogens (primary N) is 2. The summed E-state index contributed by atoms with van der Waals surface area (Å²) in [6, 6.07) is 19.8. The van der Waals surface area contributed by atoms with Gasteiger partial charge in [-0.1, -0.05) is 72.8 Å². The van der Waals surface area contributed by atoms with E-state index in [0.29, 0.717) is 0 Å². The van der Waals surface area contributed by atoms with E-state index in [-0.39, 0.29) is 12.1 Å². The molecule has 2 aromatic rings. The molecule has 0 aliphatic carbocycles. The highest BCUT2D eigenvalue weighted by molar-refractivity contribution is 5.26. The minimum absolute atomic E-state index is 0.110. The zero-order chi connectivity index (χ0) is 12.8. The van der Waals surface area contributed by atoms with Crippen LogP contribution in [0.3, 0.4) is 0 Å². The Morgan fingerprint density at radius 3 is 1.28 bits per heavy atom. The summed E-state index contributed by atoms with van der Waals surface area (Å²) in [6.07, 6.45) is 3.90. The summed E-state index contributed by atoms with van der Waals surface area (Å²) >= 11 is 0. The van der Waals surface area contributed by atoms with Crippen molar-refractivity contribution in [2.24, 2.45) is 11.5 Å². The van der Waals surface area contributed by atoms with Crippen LogP contribution in [0, 0.1) is 0 Å². The average Bonchev–Trinajstić information content (AvgIpc) is 2.46. The molecule has 0 spiro atoms. The van der Waals surface area contributed by atoms with Crippen molar-refractivity contribution < 1.29 is 0 Å². The molecule has 2 heteroatoms. The zero-order valence-corrected chi connectivity index (χ0v) is 10.2. The third-order valence-corrected chi connectivity index (χ3v) is 2.89. The molecule has 0 heterocycles. The Labute approximate surface area is 108 Å². The molecular weight excluding hydrogens is 220 g/mol. The van der Waals surface area contributed by atoms with Gasteiger partial charge >= 0.3 is 0 Å². The molecule has 4 N–H and O–H groups in total. The largest absolute Gasteiger partial charge is 0.321 e. The summed E-state index contributed by atoms with van der Waals surface area (Å²) < 4.78 is 0. The molecule has 92 valence electrons. The van der Waals surface area contributed by atoms with Gasteiger partial charge in [0.25, 0.3) is 0 Å². The van der Waals surface area contributed by atoms with E-state index in [0.717, 1.165) is 11.1 Å². The molecule has 0 aliphatic heterocycles. The molecule has 2 atom stereocenters. The first kappa shape index (κ1) is 12.6. The predicted octanol–water partition coefficient (Wildman–Crippen LogP) is 2.94. The average molecular weight is 238 g/mol. The number of hydrogen-bond donors (Lipinski definition) is 2. The molecule has 0 bridgehead atoms. The predicted molar refractivity (Wildman–Crippen MR) is 75.9 cm³/mol. The molecule has 2 rings (SSSR count). The second-order valence-corrected chi connectivity index (χ2v) is 4.26. The van der Waals surface area contributed by atoms with Gasteiger partial charge in [-0.2, -0.15) is 0 Å². The van der Waals surface area contributed by atoms with E-state index in [4.69, 9.17) is 11.5 Å². The smallest absolute Gasteiger partial charge is 0.0481 e. The van der Waals surface area contributed by atoms with E-state index in [1.807, 2.05) is 72.8 Å². The fourth-order valence-electron chi connectivity index (χ4n) is 1.81. The summed E-state index contributed by atoms with van der Waals surface area (Å²) in [6.45, 7) is 0. The van der Waals surface area contributed by atoms with Crippen LogP contribution in [0.4, 0.5) is 0 Å². The van der Waals surface area contributed by atoms with Gasteiger partial charge in [-0.25, -0.2) is 0 Å². The number of hydrogen-bond acceptors (Lipinski definition) is 2. The minimum atomic E-state index is -0.110. The molecule has 0 saturated heterocycles. The Bertz CT molecular complexity index is 444. The molecule has 0 amide bonds. The topological polar surface area (TPSA) is 52.0 Å². The van der Waals surface area contributed by atoms with Crippen LogP contribution in [-0.4, -0.2) is 0 Å². The van der Waals surface area contributed by atoms with E-state index in [1.54, 1.807) is 0 Å². The number of benzene rings is 2. The molecule has 0 aliphatic rings. The van der Waals surface area contributed by atoms with E-state index in [1.165, 1.54) is 0 Å². The second kappa shape index (κ2) is 6.15. The molecule has 18 heavy (non-hydrogen) atoms. The van der Waals surface area contributed by atoms with Crippen LogP contribution in [0.15, 0.2) is 72.8 Å². The lowest BCUT2D eigenvalue weighted by Crippen LogP contribution is -2.10. The lowest BCUT2D eigenvalue weighted by atomic mass is 10.0. The van der Waals surface area contributed by atoms with Crippen molar-refractivity contribution in [1.82, 2.24) is 0 Å². The summed E-state index contributed by atoms with van der Waals surface area (Å²) in [4.78, 5) is 0. The second-order valence-electron chi connectivity index (χ2n) is 4.26. The van der Waals surface area contributed by atoms with Crippen molar-refractivity contribution in [3.8, 4) is 0 Å². The van der Waals surface area contributed by atoms with Gasteiger partial charge in [0.1, 0.15) is 0 Å². The van der Waals surface area contributed by atoms with Gasteiger partial charge in [0.2, 0.25) is 0 Å². The van der Waals surface area contributed by atoms with Crippen molar-refractivity contribution in [1.29, 1.82) is 0 Å². The van der Waals surface area contributed by atoms with Gasteiger partial charge in [0.05, 0.1) is 0 Å². The molecule has 0 fully saturated rings. The van der Waals surface area contributed by atoms with Gasteiger partial charge in [0, 0.05) is 12.1 Å². The summed E-state index contributed by atoms with van der Waals surface area (Å²) in [5.74, 6) is 0. The van der Waals surface area contributed by atoms with Crippen molar-refractivity contribution in [3.05, 3.63) is 83.9 Å². The SMILES string of the molecule is NC(/C=C/C(N)c1ccccc1)c1ccccc1. The van der Waals surface area contributed by atoms with Crippen LogP contribution in [0.25, 0.3) is 0 Å². The Kier molecular flexibility index (Phi) is 4.29. The Morgan fingerprint density at radius 1 is 0.611 bits per heavy atom. The highest BCUT2D eigenvalue weighted by Gasteiger charge is 2.03. The Hall–Kier alpha value is -1.90. The lowest BCUT2D eigenvalue weighted by molar-refractivity contribution is 0.862. The van der Waals surface area contributed by atoms with Crippen LogP contribution >= 0.6 is 0 Å². The molecule has 0 aromatic heterocycles. The van der Waals surface area contributed by atoms with E-state index >= 15 is 0 Å². The summed E-state index contributed by atoms with van der Waals surface area (Å²) in [5.41, 5.74) is 14.3. The van der Waals surface area contributed by atoms with Crippen molar-refractivity contribution in [2.75, 3.05) is 0 Å². The summed E-state index contributed by atoms with van der Waals surface area (Å²) in [5, 5.41) is 0. The third-order valence-electron chi connectivity index (χ3n) is 2.89. The highest BCUT2D eigenvalue weighted by Crippen LogP contribution is 2.15. The maximum absolute atomic E-state index is 6.08. The highest BCUT2D eigenvalue weighted by atomic mass is 14.6. The fourth-order valence-corrected chi connectivity index (χ4v) is 1.81. The van der Waals surface area contributed by atoms with Crippen molar-refractivity contribution in [2.45, 2.75) is 12.1 Å². The first-order chi connectivity index (χ1) is 8.77. The van der Waals surface area contributed by atoms with Gasteiger partial charge in [-0.3, -0.25) is 0 Å². The van der Waals surface area contributed by atoms with Gasteiger partial charge in [-0.05, 0) is 11.1 Å². The van der Waals surface area contributed by atoms with Crippen molar-refractivity contribution >= 4 is 0 Å². The molecule has 0 saturated carbocycles. The zero-order valence-electron chi connectivity index (χ0n) is 10.2. The van der Waals surface area contributed by atoms with Crippen LogP contribution in [0.2, 0.25) is 0 Å². The maximum atomic E-state index is 6.08. The fraction of sp³-hybridized carbons (Fsp3) is 0.125. The third kappa shape index (κ3) is 3.29. The lowest BCUT2D eigenvalue weighted by Gasteiger charge is -2.09. The van der Waals surface area contributed by atoms with Crippen molar-refractivity contribution in [3.63, 3.8) is 0 Å². The minimum Gasteiger partial charge on any atom is -0.321 e. The molecule has 2 unspecified atom stereocenters. The molecular formula is C16H18N2. The van der Waals surface area contributed by atoms with Gasteiger partial charge < -0.3 is 11.5 Å². The van der Waals surface area contributed by atoms with E-state index in [2.05, 4.69) is 0 Å². The van der Waals surface area contributed by atoms with Crippen LogP contribution in [0.1, 0.15) is 23.2 Å². The quantitative estimate of drug-likeness (QED) is 0.805. The summed E-state index contributed by atoms with van der Waals surface area (Å²) in [7, 11) is 0. The van der Waals surface area contributed by atoms with Crippen LogP contribution in [0.5, 0.6) is 0 Å². The van der Waals surface area contributed by atoms with E-state index in [9.17, 15) is 0 Å². The molecule has 2 nitrogen and oxygen atoms in total. The standard InChI is InChI=1S/C16H18N2/c17-15(13-7-3-1-4-8-13)11-12-16(18)14-9-5-2-6-10-14/h1-12,15-16H,17-18H2/b12-11+. The monoisotopic (exact) mass is 238 g/mol. The van der Waals surface area contributed by atoms with Gasteiger partial charge in [0.15, 0.2) is 0 Å². The Balaban J connectivity index is 2.03. The molecule has 0 radical (unpaired) electrons. The van der Waals surface area contributed by atoms with Crippen LogP contribution < -0.4 is 11.5 Å². The Morgan fingerprint density at radius 2 is 0.944 bits per heavy atom. The first-order valence-electron chi connectivity index (χ1n) is 6.07.